The third kappa shape index (κ3) is 3.79. The summed E-state index contributed by atoms with van der Waals surface area (Å²) < 4.78 is 0. The van der Waals surface area contributed by atoms with E-state index in [0.717, 1.165) is 12.8 Å². The molecular formula is C11H20O2. The van der Waals surface area contributed by atoms with Crippen LogP contribution in [0.25, 0.3) is 0 Å². The molecule has 1 aliphatic rings. The number of carbonyl (C=O) groups is 1. The van der Waals surface area contributed by atoms with Crippen LogP contribution in [-0.2, 0) is 4.79 Å². The summed E-state index contributed by atoms with van der Waals surface area (Å²) in [7, 11) is 0. The van der Waals surface area contributed by atoms with Gasteiger partial charge < -0.3 is 5.11 Å². The minimum absolute atomic E-state index is 0.371. The lowest BCUT2D eigenvalue weighted by molar-refractivity contribution is -0.138. The largest absolute Gasteiger partial charge is 0.481 e. The molecule has 2 nitrogen and oxygen atoms in total. The molecule has 0 heterocycles. The maximum Gasteiger partial charge on any atom is 0.303 e. The Bertz CT molecular complexity index is 185. The van der Waals surface area contributed by atoms with E-state index in [1.807, 2.05) is 0 Å². The molecule has 13 heavy (non-hydrogen) atoms. The molecule has 0 spiro atoms. The van der Waals surface area contributed by atoms with Crippen molar-refractivity contribution in [1.29, 1.82) is 0 Å². The van der Waals surface area contributed by atoms with Crippen LogP contribution in [0.15, 0.2) is 0 Å². The highest BCUT2D eigenvalue weighted by Crippen LogP contribution is 2.37. The average Bonchev–Trinajstić information content (AvgIpc) is 2.12. The first-order valence-corrected chi connectivity index (χ1v) is 5.21. The van der Waals surface area contributed by atoms with Gasteiger partial charge in [0.1, 0.15) is 0 Å². The minimum Gasteiger partial charge on any atom is -0.481 e. The maximum absolute atomic E-state index is 10.5. The topological polar surface area (TPSA) is 37.3 Å². The van der Waals surface area contributed by atoms with Gasteiger partial charge in [-0.25, -0.2) is 0 Å². The third-order valence-corrected chi connectivity index (χ3v) is 3.16. The first kappa shape index (κ1) is 10.6. The lowest BCUT2D eigenvalue weighted by Crippen LogP contribution is -2.10. The molecule has 1 fully saturated rings. The van der Waals surface area contributed by atoms with E-state index in [-0.39, 0.29) is 0 Å². The summed E-state index contributed by atoms with van der Waals surface area (Å²) in [5.41, 5.74) is 0.438. The Hall–Kier alpha value is -0.530. The van der Waals surface area contributed by atoms with Crippen LogP contribution in [-0.4, -0.2) is 11.1 Å². The van der Waals surface area contributed by atoms with Crippen molar-refractivity contribution in [3.8, 4) is 0 Å². The fourth-order valence-electron chi connectivity index (χ4n) is 2.18. The molecule has 76 valence electrons. The van der Waals surface area contributed by atoms with Gasteiger partial charge in [0, 0.05) is 6.42 Å². The van der Waals surface area contributed by atoms with Crippen LogP contribution in [0.1, 0.15) is 52.4 Å². The number of rotatable bonds is 2. The van der Waals surface area contributed by atoms with E-state index >= 15 is 0 Å². The van der Waals surface area contributed by atoms with E-state index < -0.39 is 5.97 Å². The summed E-state index contributed by atoms with van der Waals surface area (Å²) in [6.07, 6.45) is 6.21. The van der Waals surface area contributed by atoms with Crippen molar-refractivity contribution >= 4 is 5.97 Å². The number of aliphatic carboxylic acids is 1. The Labute approximate surface area is 80.3 Å². The standard InChI is InChI=1S/C11H20O2/c1-11(2)6-3-4-9(5-7-11)8-10(12)13/h9H,3-8H2,1-2H3,(H,12,13). The lowest BCUT2D eigenvalue weighted by atomic mass is 9.84. The fourth-order valence-corrected chi connectivity index (χ4v) is 2.18. The van der Waals surface area contributed by atoms with E-state index in [9.17, 15) is 4.79 Å². The Morgan fingerprint density at radius 3 is 2.69 bits per heavy atom. The molecule has 0 aromatic rings. The summed E-state index contributed by atoms with van der Waals surface area (Å²) in [4.78, 5) is 10.5. The van der Waals surface area contributed by atoms with Crippen molar-refractivity contribution < 1.29 is 9.90 Å². The van der Waals surface area contributed by atoms with Gasteiger partial charge in [-0.15, -0.1) is 0 Å². The van der Waals surface area contributed by atoms with Crippen molar-refractivity contribution in [3.63, 3.8) is 0 Å². The van der Waals surface area contributed by atoms with Crippen LogP contribution in [0, 0.1) is 11.3 Å². The maximum atomic E-state index is 10.5. The van der Waals surface area contributed by atoms with Crippen molar-refractivity contribution in [1.82, 2.24) is 0 Å². The number of carboxylic acids is 1. The highest BCUT2D eigenvalue weighted by molar-refractivity contribution is 5.66. The molecule has 1 saturated carbocycles. The van der Waals surface area contributed by atoms with Crippen LogP contribution >= 0.6 is 0 Å². The van der Waals surface area contributed by atoms with Gasteiger partial charge in [0.15, 0.2) is 0 Å². The van der Waals surface area contributed by atoms with Gasteiger partial charge in [0.25, 0.3) is 0 Å². The molecule has 0 aromatic carbocycles. The zero-order valence-electron chi connectivity index (χ0n) is 8.68. The van der Waals surface area contributed by atoms with E-state index in [4.69, 9.17) is 5.11 Å². The van der Waals surface area contributed by atoms with Crippen molar-refractivity contribution in [3.05, 3.63) is 0 Å². The molecule has 0 bridgehead atoms. The highest BCUT2D eigenvalue weighted by atomic mass is 16.4. The second-order valence-corrected chi connectivity index (χ2v) is 5.06. The second-order valence-electron chi connectivity index (χ2n) is 5.06. The van der Waals surface area contributed by atoms with Gasteiger partial charge in [-0.05, 0) is 37.0 Å². The van der Waals surface area contributed by atoms with Crippen LogP contribution < -0.4 is 0 Å². The Balaban J connectivity index is 2.40. The molecule has 1 N–H and O–H groups in total. The van der Waals surface area contributed by atoms with Gasteiger partial charge in [-0.1, -0.05) is 20.3 Å². The molecule has 1 rings (SSSR count). The zero-order valence-corrected chi connectivity index (χ0v) is 8.68. The molecule has 1 aliphatic carbocycles. The average molecular weight is 184 g/mol. The Kier molecular flexibility index (Phi) is 3.34. The summed E-state index contributed by atoms with van der Waals surface area (Å²) >= 11 is 0. The molecule has 0 saturated heterocycles. The molecule has 1 unspecified atom stereocenters. The minimum atomic E-state index is -0.635. The van der Waals surface area contributed by atoms with Crippen LogP contribution in [0.4, 0.5) is 0 Å². The number of hydrogen-bond donors (Lipinski definition) is 1. The summed E-state index contributed by atoms with van der Waals surface area (Å²) in [6.45, 7) is 4.58. The summed E-state index contributed by atoms with van der Waals surface area (Å²) in [5, 5.41) is 8.69. The molecule has 2 heteroatoms. The molecule has 0 amide bonds. The summed E-state index contributed by atoms with van der Waals surface area (Å²) in [6, 6.07) is 0. The number of hydrogen-bond acceptors (Lipinski definition) is 1. The fraction of sp³-hybridized carbons (Fsp3) is 0.909. The lowest BCUT2D eigenvalue weighted by Gasteiger charge is -2.21. The predicted molar refractivity (Wildman–Crippen MR) is 52.6 cm³/mol. The molecule has 0 radical (unpaired) electrons. The third-order valence-electron chi connectivity index (χ3n) is 3.16. The van der Waals surface area contributed by atoms with Crippen molar-refractivity contribution in [2.75, 3.05) is 0 Å². The van der Waals surface area contributed by atoms with Gasteiger partial charge >= 0.3 is 5.97 Å². The molecule has 0 aromatic heterocycles. The molecule has 0 aliphatic heterocycles. The monoisotopic (exact) mass is 184 g/mol. The highest BCUT2D eigenvalue weighted by Gasteiger charge is 2.25. The van der Waals surface area contributed by atoms with E-state index in [1.54, 1.807) is 0 Å². The van der Waals surface area contributed by atoms with Gasteiger partial charge in [-0.3, -0.25) is 4.79 Å². The first-order valence-electron chi connectivity index (χ1n) is 5.21. The predicted octanol–water partition coefficient (Wildman–Crippen LogP) is 3.07. The van der Waals surface area contributed by atoms with Crippen LogP contribution in [0.3, 0.4) is 0 Å². The first-order chi connectivity index (χ1) is 5.99. The molecule has 1 atom stereocenters. The van der Waals surface area contributed by atoms with Crippen molar-refractivity contribution in [2.24, 2.45) is 11.3 Å². The van der Waals surface area contributed by atoms with E-state index in [1.165, 1.54) is 19.3 Å². The summed E-state index contributed by atoms with van der Waals surface area (Å²) in [5.74, 6) is -0.205. The smallest absolute Gasteiger partial charge is 0.303 e. The molecular weight excluding hydrogens is 164 g/mol. The van der Waals surface area contributed by atoms with Crippen molar-refractivity contribution in [2.45, 2.75) is 52.4 Å². The zero-order chi connectivity index (χ0) is 9.90. The van der Waals surface area contributed by atoms with Gasteiger partial charge in [-0.2, -0.15) is 0 Å². The van der Waals surface area contributed by atoms with Crippen LogP contribution in [0.5, 0.6) is 0 Å². The second kappa shape index (κ2) is 4.12. The Morgan fingerprint density at radius 2 is 2.08 bits per heavy atom. The van der Waals surface area contributed by atoms with Gasteiger partial charge in [0.2, 0.25) is 0 Å². The number of carboxylic acid groups (broad SMARTS) is 1. The van der Waals surface area contributed by atoms with Crippen LogP contribution in [0.2, 0.25) is 0 Å². The quantitative estimate of drug-likeness (QED) is 0.670. The van der Waals surface area contributed by atoms with E-state index in [0.29, 0.717) is 17.8 Å². The normalized spacial score (nSPS) is 28.0. The van der Waals surface area contributed by atoms with Gasteiger partial charge in [0.05, 0.1) is 0 Å². The van der Waals surface area contributed by atoms with E-state index in [2.05, 4.69) is 13.8 Å². The SMILES string of the molecule is CC1(C)CCCC(CC(=O)O)CC1. The Morgan fingerprint density at radius 1 is 1.38 bits per heavy atom.